The molecular formula is C23H20N2O6. The van der Waals surface area contributed by atoms with Crippen LogP contribution in [0.5, 0.6) is 0 Å². The number of esters is 2. The zero-order valence-corrected chi connectivity index (χ0v) is 16.9. The Morgan fingerprint density at radius 3 is 2.45 bits per heavy atom. The minimum Gasteiger partial charge on any atom is -0.463 e. The van der Waals surface area contributed by atoms with Crippen LogP contribution < -0.4 is 11.1 Å². The van der Waals surface area contributed by atoms with Crippen molar-refractivity contribution in [1.29, 1.82) is 0 Å². The fourth-order valence-electron chi connectivity index (χ4n) is 3.99. The summed E-state index contributed by atoms with van der Waals surface area (Å²) in [4.78, 5) is 38.9. The van der Waals surface area contributed by atoms with Gasteiger partial charge in [-0.2, -0.15) is 0 Å². The predicted molar refractivity (Wildman–Crippen MR) is 110 cm³/mol. The van der Waals surface area contributed by atoms with Gasteiger partial charge < -0.3 is 25.3 Å². The normalized spacial score (nSPS) is 19.6. The van der Waals surface area contributed by atoms with Gasteiger partial charge in [-0.25, -0.2) is 9.59 Å². The molecule has 158 valence electrons. The van der Waals surface area contributed by atoms with E-state index in [2.05, 4.69) is 5.32 Å². The Hall–Kier alpha value is -4.07. The van der Waals surface area contributed by atoms with Gasteiger partial charge in [-0.15, -0.1) is 0 Å². The van der Waals surface area contributed by atoms with Gasteiger partial charge in [0.05, 0.1) is 7.11 Å². The third-order valence-corrected chi connectivity index (χ3v) is 5.44. The van der Waals surface area contributed by atoms with Gasteiger partial charge in [-0.05, 0) is 18.6 Å². The summed E-state index contributed by atoms with van der Waals surface area (Å²) in [5.41, 5.74) is 6.15. The van der Waals surface area contributed by atoms with Crippen LogP contribution in [-0.2, 0) is 40.6 Å². The molecule has 3 N–H and O–H groups in total. The summed E-state index contributed by atoms with van der Waals surface area (Å²) in [5.74, 6) is -2.81. The molecule has 0 unspecified atom stereocenters. The molecule has 8 heteroatoms. The highest BCUT2D eigenvalue weighted by molar-refractivity contribution is 6.17. The van der Waals surface area contributed by atoms with Crippen molar-refractivity contribution in [3.05, 3.63) is 88.5 Å². The molecule has 2 aromatic carbocycles. The van der Waals surface area contributed by atoms with Gasteiger partial charge in [-0.3, -0.25) is 4.79 Å². The summed E-state index contributed by atoms with van der Waals surface area (Å²) in [6.45, 7) is 1.51. The van der Waals surface area contributed by atoms with Crippen LogP contribution in [0.1, 0.15) is 18.1 Å². The van der Waals surface area contributed by atoms with Crippen molar-refractivity contribution in [2.24, 2.45) is 5.73 Å². The van der Waals surface area contributed by atoms with E-state index >= 15 is 0 Å². The van der Waals surface area contributed by atoms with Crippen LogP contribution >= 0.6 is 0 Å². The van der Waals surface area contributed by atoms with Crippen LogP contribution in [0.25, 0.3) is 0 Å². The number of benzene rings is 2. The Labute approximate surface area is 178 Å². The van der Waals surface area contributed by atoms with Crippen LogP contribution in [-0.4, -0.2) is 25.0 Å². The van der Waals surface area contributed by atoms with Gasteiger partial charge in [-0.1, -0.05) is 48.5 Å². The third kappa shape index (κ3) is 3.04. The molecule has 2 aliphatic rings. The van der Waals surface area contributed by atoms with Gasteiger partial charge in [0.25, 0.3) is 0 Å². The van der Waals surface area contributed by atoms with Crippen molar-refractivity contribution >= 4 is 23.5 Å². The van der Waals surface area contributed by atoms with Gasteiger partial charge in [0, 0.05) is 16.8 Å². The highest BCUT2D eigenvalue weighted by Gasteiger charge is 2.59. The smallest absolute Gasteiger partial charge is 0.374 e. The molecule has 1 spiro atoms. The monoisotopic (exact) mass is 420 g/mol. The zero-order chi connectivity index (χ0) is 22.2. The fourth-order valence-corrected chi connectivity index (χ4v) is 3.99. The van der Waals surface area contributed by atoms with Crippen LogP contribution in [0.4, 0.5) is 5.69 Å². The maximum Gasteiger partial charge on any atom is 0.374 e. The lowest BCUT2D eigenvalue weighted by Crippen LogP contribution is -2.46. The van der Waals surface area contributed by atoms with Gasteiger partial charge in [0.1, 0.15) is 17.6 Å². The number of fused-ring (bicyclic) bond motifs is 2. The molecular weight excluding hydrogens is 400 g/mol. The molecule has 8 nitrogen and oxygen atoms in total. The number of hydrogen-bond donors (Lipinski definition) is 2. The molecule has 31 heavy (non-hydrogen) atoms. The SMILES string of the molecule is COC(=O)C1=C(C)[C@]2(C(=O)Nc3ccccc32)C(C(=O)OCc2ccccc2)=C(N)O1. The quantitative estimate of drug-likeness (QED) is 0.729. The number of para-hydroxylation sites is 1. The van der Waals surface area contributed by atoms with E-state index < -0.39 is 29.1 Å². The van der Waals surface area contributed by atoms with E-state index in [4.69, 9.17) is 19.9 Å². The van der Waals surface area contributed by atoms with E-state index in [1.54, 1.807) is 36.4 Å². The van der Waals surface area contributed by atoms with E-state index in [0.29, 0.717) is 11.3 Å². The van der Waals surface area contributed by atoms with Crippen molar-refractivity contribution in [3.63, 3.8) is 0 Å². The fraction of sp³-hybridized carbons (Fsp3) is 0.174. The average Bonchev–Trinajstić information content (AvgIpc) is 3.07. The first kappa shape index (κ1) is 20.2. The molecule has 2 aliphatic heterocycles. The molecule has 0 aliphatic carbocycles. The topological polar surface area (TPSA) is 117 Å². The lowest BCUT2D eigenvalue weighted by Gasteiger charge is -2.35. The summed E-state index contributed by atoms with van der Waals surface area (Å²) in [7, 11) is 1.19. The van der Waals surface area contributed by atoms with Crippen LogP contribution in [0.3, 0.4) is 0 Å². The lowest BCUT2D eigenvalue weighted by molar-refractivity contribution is -0.144. The molecule has 4 rings (SSSR count). The van der Waals surface area contributed by atoms with Crippen molar-refractivity contribution in [3.8, 4) is 0 Å². The third-order valence-electron chi connectivity index (χ3n) is 5.44. The number of rotatable bonds is 4. The maximum absolute atomic E-state index is 13.4. The van der Waals surface area contributed by atoms with Crippen molar-refractivity contribution in [2.75, 3.05) is 12.4 Å². The second kappa shape index (κ2) is 7.64. The number of nitrogens with one attached hydrogen (secondary N) is 1. The highest BCUT2D eigenvalue weighted by atomic mass is 16.6. The van der Waals surface area contributed by atoms with Crippen molar-refractivity contribution in [1.82, 2.24) is 0 Å². The number of methoxy groups -OCH3 is 1. The number of carbonyl (C=O) groups excluding carboxylic acids is 3. The Morgan fingerprint density at radius 2 is 1.74 bits per heavy atom. The molecule has 0 saturated heterocycles. The minimum atomic E-state index is -1.68. The van der Waals surface area contributed by atoms with E-state index in [9.17, 15) is 14.4 Å². The lowest BCUT2D eigenvalue weighted by atomic mass is 9.68. The molecule has 0 radical (unpaired) electrons. The van der Waals surface area contributed by atoms with Crippen LogP contribution in [0.15, 0.2) is 77.4 Å². The minimum absolute atomic E-state index is 0.0254. The Kier molecular flexibility index (Phi) is 4.98. The van der Waals surface area contributed by atoms with E-state index in [1.165, 1.54) is 14.0 Å². The second-order valence-electron chi connectivity index (χ2n) is 7.10. The zero-order valence-electron chi connectivity index (χ0n) is 16.9. The molecule has 1 atom stereocenters. The first-order valence-electron chi connectivity index (χ1n) is 9.51. The molecule has 0 aromatic heterocycles. The Balaban J connectivity index is 1.85. The number of anilines is 1. The van der Waals surface area contributed by atoms with E-state index in [1.807, 2.05) is 18.2 Å². The molecule has 0 bridgehead atoms. The van der Waals surface area contributed by atoms with Crippen molar-refractivity contribution in [2.45, 2.75) is 18.9 Å². The van der Waals surface area contributed by atoms with E-state index in [0.717, 1.165) is 5.56 Å². The Bertz CT molecular complexity index is 1150. The Morgan fingerprint density at radius 1 is 1.06 bits per heavy atom. The molecule has 2 aromatic rings. The van der Waals surface area contributed by atoms with E-state index in [-0.39, 0.29) is 23.5 Å². The summed E-state index contributed by atoms with van der Waals surface area (Å²) >= 11 is 0. The maximum atomic E-state index is 13.4. The highest BCUT2D eigenvalue weighted by Crippen LogP contribution is 2.52. The second-order valence-corrected chi connectivity index (χ2v) is 7.10. The molecule has 0 fully saturated rings. The van der Waals surface area contributed by atoms with Crippen LogP contribution in [0, 0.1) is 0 Å². The van der Waals surface area contributed by atoms with Gasteiger partial charge in [0.2, 0.25) is 17.5 Å². The molecule has 2 heterocycles. The summed E-state index contributed by atoms with van der Waals surface area (Å²) in [6.07, 6.45) is 0. The largest absolute Gasteiger partial charge is 0.463 e. The predicted octanol–water partition coefficient (Wildman–Crippen LogP) is 2.27. The first-order chi connectivity index (χ1) is 14.9. The summed E-state index contributed by atoms with van der Waals surface area (Å²) in [5, 5.41) is 2.77. The number of ether oxygens (including phenoxy) is 3. The number of carbonyl (C=O) groups is 3. The van der Waals surface area contributed by atoms with Crippen molar-refractivity contribution < 1.29 is 28.6 Å². The van der Waals surface area contributed by atoms with Gasteiger partial charge in [0.15, 0.2) is 0 Å². The molecule has 0 saturated carbocycles. The summed E-state index contributed by atoms with van der Waals surface area (Å²) < 4.78 is 15.7. The first-order valence-corrected chi connectivity index (χ1v) is 9.51. The summed E-state index contributed by atoms with van der Waals surface area (Å²) in [6, 6.07) is 15.9. The standard InChI is InChI=1S/C23H20N2O6/c1-13-18(21(27)29-2)31-19(24)17(20(26)30-12-14-8-4-3-5-9-14)23(13)15-10-6-7-11-16(15)25-22(23)28/h3-11H,12,24H2,1-2H3,(H,25,28)/t23-/m1/s1. The molecule has 1 amide bonds. The van der Waals surface area contributed by atoms with Crippen LogP contribution in [0.2, 0.25) is 0 Å². The number of hydrogen-bond acceptors (Lipinski definition) is 7. The number of amides is 1. The number of nitrogens with two attached hydrogens (primary N) is 1. The van der Waals surface area contributed by atoms with Gasteiger partial charge >= 0.3 is 11.9 Å². The average molecular weight is 420 g/mol.